The molecule has 1 aliphatic heterocycles. The van der Waals surface area contributed by atoms with Crippen LogP contribution in [-0.2, 0) is 0 Å². The minimum absolute atomic E-state index is 0.370. The van der Waals surface area contributed by atoms with Gasteiger partial charge in [-0.15, -0.1) is 0 Å². The predicted octanol–water partition coefficient (Wildman–Crippen LogP) is 2.00. The number of rotatable bonds is 0. The van der Waals surface area contributed by atoms with E-state index in [0.717, 1.165) is 24.0 Å². The van der Waals surface area contributed by atoms with Gasteiger partial charge >= 0.3 is 6.09 Å². The summed E-state index contributed by atoms with van der Waals surface area (Å²) < 4.78 is 0. The molecule has 5 heteroatoms. The fourth-order valence-corrected chi connectivity index (χ4v) is 1.88. The van der Waals surface area contributed by atoms with Crippen molar-refractivity contribution in [3.63, 3.8) is 0 Å². The van der Waals surface area contributed by atoms with Gasteiger partial charge in [-0.3, -0.25) is 0 Å². The molecule has 1 amide bonds. The van der Waals surface area contributed by atoms with E-state index in [1.165, 1.54) is 4.90 Å². The van der Waals surface area contributed by atoms with Crippen molar-refractivity contribution in [1.82, 2.24) is 9.88 Å². The number of hydrogen-bond donors (Lipinski definition) is 1. The maximum atomic E-state index is 10.8. The van der Waals surface area contributed by atoms with Crippen LogP contribution in [0.3, 0.4) is 0 Å². The van der Waals surface area contributed by atoms with Crippen molar-refractivity contribution in [2.45, 2.75) is 12.8 Å². The van der Waals surface area contributed by atoms with Crippen LogP contribution >= 0.6 is 0 Å². The second kappa shape index (κ2) is 6.40. The summed E-state index contributed by atoms with van der Waals surface area (Å²) in [5, 5.41) is 17.5. The van der Waals surface area contributed by atoms with E-state index in [1.54, 1.807) is 18.3 Å². The molecule has 1 aliphatic rings. The molecule has 1 aromatic heterocycles. The van der Waals surface area contributed by atoms with Gasteiger partial charge in [-0.05, 0) is 31.1 Å². The summed E-state index contributed by atoms with van der Waals surface area (Å²) in [6, 6.07) is 5.33. The van der Waals surface area contributed by atoms with Crippen molar-refractivity contribution >= 4 is 6.09 Å². The number of allylic oxidation sites excluding steroid dienone is 1. The minimum Gasteiger partial charge on any atom is -0.465 e. The third kappa shape index (κ3) is 3.60. The quantitative estimate of drug-likeness (QED) is 0.729. The molecule has 1 fully saturated rings. The highest BCUT2D eigenvalue weighted by Crippen LogP contribution is 2.15. The Morgan fingerprint density at radius 1 is 1.40 bits per heavy atom. The predicted molar refractivity (Wildman–Crippen MR) is 72.7 cm³/mol. The molecule has 2 rings (SSSR count). The Kier molecular flexibility index (Phi) is 4.36. The first-order valence-corrected chi connectivity index (χ1v) is 6.22. The SMILES string of the molecule is N#Cc1ccc(C#CC=C2CCN(C(=O)O)CC2)cn1. The van der Waals surface area contributed by atoms with Crippen molar-refractivity contribution in [3.8, 4) is 17.9 Å². The summed E-state index contributed by atoms with van der Waals surface area (Å²) in [7, 11) is 0. The normalized spacial score (nSPS) is 13.9. The molecular weight excluding hydrogens is 254 g/mol. The maximum absolute atomic E-state index is 10.8. The molecule has 20 heavy (non-hydrogen) atoms. The van der Waals surface area contributed by atoms with Gasteiger partial charge in [0.05, 0.1) is 0 Å². The van der Waals surface area contributed by atoms with E-state index in [4.69, 9.17) is 10.4 Å². The third-order valence-corrected chi connectivity index (χ3v) is 3.05. The van der Waals surface area contributed by atoms with E-state index < -0.39 is 6.09 Å². The highest BCUT2D eigenvalue weighted by Gasteiger charge is 2.17. The van der Waals surface area contributed by atoms with Crippen LogP contribution in [0.4, 0.5) is 4.79 Å². The van der Waals surface area contributed by atoms with Gasteiger partial charge < -0.3 is 10.0 Å². The lowest BCUT2D eigenvalue weighted by Crippen LogP contribution is -2.35. The highest BCUT2D eigenvalue weighted by molar-refractivity contribution is 5.65. The number of pyridine rings is 1. The van der Waals surface area contributed by atoms with Gasteiger partial charge in [0.15, 0.2) is 0 Å². The van der Waals surface area contributed by atoms with E-state index >= 15 is 0 Å². The fourth-order valence-electron chi connectivity index (χ4n) is 1.88. The molecule has 1 saturated heterocycles. The van der Waals surface area contributed by atoms with Crippen LogP contribution in [0.25, 0.3) is 0 Å². The molecule has 1 aromatic rings. The molecule has 1 N–H and O–H groups in total. The molecule has 0 atom stereocenters. The van der Waals surface area contributed by atoms with Gasteiger partial charge in [0.2, 0.25) is 0 Å². The van der Waals surface area contributed by atoms with Crippen LogP contribution < -0.4 is 0 Å². The number of carbonyl (C=O) groups is 1. The van der Waals surface area contributed by atoms with E-state index in [0.29, 0.717) is 18.8 Å². The van der Waals surface area contributed by atoms with E-state index in [1.807, 2.05) is 12.1 Å². The van der Waals surface area contributed by atoms with Gasteiger partial charge in [-0.1, -0.05) is 17.4 Å². The summed E-state index contributed by atoms with van der Waals surface area (Å²) in [5.41, 5.74) is 2.29. The smallest absolute Gasteiger partial charge is 0.407 e. The van der Waals surface area contributed by atoms with Crippen LogP contribution in [0.5, 0.6) is 0 Å². The highest BCUT2D eigenvalue weighted by atomic mass is 16.4. The van der Waals surface area contributed by atoms with Crippen molar-refractivity contribution in [2.24, 2.45) is 0 Å². The molecule has 0 saturated carbocycles. The largest absolute Gasteiger partial charge is 0.465 e. The topological polar surface area (TPSA) is 77.2 Å². The maximum Gasteiger partial charge on any atom is 0.407 e. The molecule has 5 nitrogen and oxygen atoms in total. The van der Waals surface area contributed by atoms with Crippen LogP contribution in [0, 0.1) is 23.2 Å². The number of carboxylic acid groups (broad SMARTS) is 1. The zero-order valence-corrected chi connectivity index (χ0v) is 10.8. The number of hydrogen-bond acceptors (Lipinski definition) is 3. The molecule has 100 valence electrons. The number of amides is 1. The summed E-state index contributed by atoms with van der Waals surface area (Å²) in [5.74, 6) is 5.90. The number of nitriles is 1. The summed E-state index contributed by atoms with van der Waals surface area (Å²) in [6.07, 6.45) is 4.01. The Hall–Kier alpha value is -2.79. The lowest BCUT2D eigenvalue weighted by atomic mass is 10.0. The second-order valence-corrected chi connectivity index (χ2v) is 4.39. The van der Waals surface area contributed by atoms with E-state index in [2.05, 4.69) is 16.8 Å². The Morgan fingerprint density at radius 2 is 2.15 bits per heavy atom. The van der Waals surface area contributed by atoms with Gasteiger partial charge in [-0.25, -0.2) is 9.78 Å². The van der Waals surface area contributed by atoms with Gasteiger partial charge in [0.25, 0.3) is 0 Å². The first-order valence-electron chi connectivity index (χ1n) is 6.22. The van der Waals surface area contributed by atoms with Crippen molar-refractivity contribution in [1.29, 1.82) is 5.26 Å². The average Bonchev–Trinajstić information content (AvgIpc) is 2.48. The van der Waals surface area contributed by atoms with Crippen LogP contribution in [0.15, 0.2) is 30.0 Å². The van der Waals surface area contributed by atoms with E-state index in [9.17, 15) is 4.79 Å². The summed E-state index contributed by atoms with van der Waals surface area (Å²) in [4.78, 5) is 16.1. The Bertz CT molecular complexity index is 620. The molecular formula is C15H13N3O2. The fraction of sp³-hybridized carbons (Fsp3) is 0.267. The van der Waals surface area contributed by atoms with Gasteiger partial charge in [-0.2, -0.15) is 5.26 Å². The Morgan fingerprint density at radius 3 is 2.70 bits per heavy atom. The standard InChI is InChI=1S/C15H13N3O2/c16-10-14-5-4-13(11-17-14)3-1-2-12-6-8-18(9-7-12)15(19)20/h2,4-5,11H,6-9H2,(H,19,20). The van der Waals surface area contributed by atoms with Crippen LogP contribution in [-0.4, -0.2) is 34.2 Å². The molecule has 0 spiro atoms. The van der Waals surface area contributed by atoms with E-state index in [-0.39, 0.29) is 0 Å². The lowest BCUT2D eigenvalue weighted by Gasteiger charge is -2.25. The van der Waals surface area contributed by atoms with Crippen LogP contribution in [0.2, 0.25) is 0 Å². The number of likely N-dealkylation sites (tertiary alicyclic amines) is 1. The molecule has 0 radical (unpaired) electrons. The number of aromatic nitrogens is 1. The van der Waals surface area contributed by atoms with Crippen LogP contribution in [0.1, 0.15) is 24.1 Å². The molecule has 0 aliphatic carbocycles. The third-order valence-electron chi connectivity index (χ3n) is 3.05. The Balaban J connectivity index is 1.95. The Labute approximate surface area is 117 Å². The molecule has 0 aromatic carbocycles. The first-order chi connectivity index (χ1) is 9.69. The summed E-state index contributed by atoms with van der Waals surface area (Å²) in [6.45, 7) is 1.06. The second-order valence-electron chi connectivity index (χ2n) is 4.39. The summed E-state index contributed by atoms with van der Waals surface area (Å²) >= 11 is 0. The van der Waals surface area contributed by atoms with Crippen molar-refractivity contribution in [2.75, 3.05) is 13.1 Å². The lowest BCUT2D eigenvalue weighted by molar-refractivity contribution is 0.141. The zero-order chi connectivity index (χ0) is 14.4. The molecule has 2 heterocycles. The minimum atomic E-state index is -0.862. The molecule has 0 unspecified atom stereocenters. The zero-order valence-electron chi connectivity index (χ0n) is 10.8. The van der Waals surface area contributed by atoms with Crippen molar-refractivity contribution in [3.05, 3.63) is 41.2 Å². The number of piperidine rings is 1. The van der Waals surface area contributed by atoms with Crippen molar-refractivity contribution < 1.29 is 9.90 Å². The first kappa shape index (κ1) is 13.6. The number of nitrogens with zero attached hydrogens (tertiary/aromatic N) is 3. The monoisotopic (exact) mass is 267 g/mol. The van der Waals surface area contributed by atoms with Gasteiger partial charge in [0, 0.05) is 24.8 Å². The van der Waals surface area contributed by atoms with Gasteiger partial charge in [0.1, 0.15) is 11.8 Å². The average molecular weight is 267 g/mol. The molecule has 0 bridgehead atoms.